The number of carbonyl (C=O) groups is 2. The van der Waals surface area contributed by atoms with Crippen LogP contribution in [0.5, 0.6) is 0 Å². The number of carboxylic acid groups (broad SMARTS) is 1. The molecular formula is C21H17Cl2N3O3. The number of anilines is 2. The molecule has 0 unspecified atom stereocenters. The molecule has 4 N–H and O–H groups in total. The molecule has 0 aromatic heterocycles. The lowest BCUT2D eigenvalue weighted by Crippen LogP contribution is -2.42. The summed E-state index contributed by atoms with van der Waals surface area (Å²) in [4.78, 5) is 24.3. The maximum absolute atomic E-state index is 12.7. The topological polar surface area (TPSA) is 90.5 Å². The minimum atomic E-state index is -1.02. The van der Waals surface area contributed by atoms with Crippen LogP contribution in [-0.4, -0.2) is 23.1 Å². The van der Waals surface area contributed by atoms with Crippen molar-refractivity contribution in [3.63, 3.8) is 0 Å². The average molecular weight is 430 g/mol. The number of urea groups is 1. The molecule has 1 aliphatic rings. The second-order valence-electron chi connectivity index (χ2n) is 6.80. The Kier molecular flexibility index (Phi) is 5.22. The van der Waals surface area contributed by atoms with Gasteiger partial charge in [0.25, 0.3) is 0 Å². The van der Waals surface area contributed by atoms with Crippen molar-refractivity contribution in [2.75, 3.05) is 10.6 Å². The zero-order chi connectivity index (χ0) is 20.5. The number of hydrogen-bond acceptors (Lipinski definition) is 3. The fourth-order valence-corrected chi connectivity index (χ4v) is 4.23. The highest BCUT2D eigenvalue weighted by Crippen LogP contribution is 2.40. The van der Waals surface area contributed by atoms with Crippen LogP contribution in [0.2, 0.25) is 10.0 Å². The average Bonchev–Trinajstić information content (AvgIpc) is 2.67. The minimum absolute atomic E-state index is 0.145. The van der Waals surface area contributed by atoms with Gasteiger partial charge in [-0.2, -0.15) is 0 Å². The van der Waals surface area contributed by atoms with Crippen molar-refractivity contribution in [1.82, 2.24) is 5.32 Å². The van der Waals surface area contributed by atoms with Gasteiger partial charge in [-0.05, 0) is 23.6 Å². The van der Waals surface area contributed by atoms with Crippen LogP contribution in [0.15, 0.2) is 54.6 Å². The molecule has 0 fully saturated rings. The fraction of sp³-hybridized carbons (Fsp3) is 0.143. The second-order valence-corrected chi connectivity index (χ2v) is 7.64. The summed E-state index contributed by atoms with van der Waals surface area (Å²) in [5.41, 5.74) is 1.77. The Bertz CT molecular complexity index is 1110. The molecule has 3 aromatic carbocycles. The monoisotopic (exact) mass is 429 g/mol. The van der Waals surface area contributed by atoms with E-state index >= 15 is 0 Å². The lowest BCUT2D eigenvalue weighted by Gasteiger charge is -2.32. The molecule has 2 amide bonds. The highest BCUT2D eigenvalue weighted by molar-refractivity contribution is 6.35. The third-order valence-corrected chi connectivity index (χ3v) is 5.42. The summed E-state index contributed by atoms with van der Waals surface area (Å²) in [5.74, 6) is -1.02. The number of rotatable bonds is 3. The number of benzene rings is 3. The third kappa shape index (κ3) is 3.95. The van der Waals surface area contributed by atoms with E-state index in [1.54, 1.807) is 12.1 Å². The van der Waals surface area contributed by atoms with Crippen molar-refractivity contribution in [2.45, 2.75) is 18.5 Å². The van der Waals surface area contributed by atoms with E-state index in [2.05, 4.69) is 16.0 Å². The Labute approximate surface area is 176 Å². The highest BCUT2D eigenvalue weighted by Gasteiger charge is 2.33. The van der Waals surface area contributed by atoms with Gasteiger partial charge in [-0.25, -0.2) is 9.59 Å². The quantitative estimate of drug-likeness (QED) is 0.455. The van der Waals surface area contributed by atoms with Crippen LogP contribution in [0.1, 0.15) is 18.0 Å². The molecule has 6 nitrogen and oxygen atoms in total. The van der Waals surface area contributed by atoms with Gasteiger partial charge in [0.15, 0.2) is 0 Å². The van der Waals surface area contributed by atoms with E-state index in [-0.39, 0.29) is 6.42 Å². The number of halogens is 2. The van der Waals surface area contributed by atoms with Crippen molar-refractivity contribution in [2.24, 2.45) is 0 Å². The fourth-order valence-electron chi connectivity index (χ4n) is 3.60. The van der Waals surface area contributed by atoms with Gasteiger partial charge in [0.1, 0.15) is 6.04 Å². The number of hydrogen-bond donors (Lipinski definition) is 4. The Morgan fingerprint density at radius 1 is 1.07 bits per heavy atom. The highest BCUT2D eigenvalue weighted by atomic mass is 35.5. The standard InChI is InChI=1S/C21H17Cl2N3O3/c22-12-8-14(23)19-16(9-12)24-18(20(27)28)10-17(19)26-21(29)25-15-7-3-5-11-4-1-2-6-13(11)15/h1-9,17-18,24H,10H2,(H,27,28)(H2,25,26,29)/t17-,18+/m0/s1. The molecule has 29 heavy (non-hydrogen) atoms. The molecule has 0 radical (unpaired) electrons. The summed E-state index contributed by atoms with van der Waals surface area (Å²) in [6, 6.07) is 14.6. The van der Waals surface area contributed by atoms with Gasteiger partial charge >= 0.3 is 12.0 Å². The second kappa shape index (κ2) is 7.81. The number of amides is 2. The van der Waals surface area contributed by atoms with E-state index in [0.717, 1.165) is 10.8 Å². The van der Waals surface area contributed by atoms with Crippen LogP contribution in [0.3, 0.4) is 0 Å². The Morgan fingerprint density at radius 2 is 1.83 bits per heavy atom. The first-order valence-corrected chi connectivity index (χ1v) is 9.71. The number of carboxylic acids is 1. The number of fused-ring (bicyclic) bond motifs is 2. The summed E-state index contributed by atoms with van der Waals surface area (Å²) in [6.07, 6.45) is 0.145. The van der Waals surface area contributed by atoms with E-state index in [0.29, 0.717) is 27.0 Å². The van der Waals surface area contributed by atoms with Gasteiger partial charge in [-0.3, -0.25) is 0 Å². The summed E-state index contributed by atoms with van der Waals surface area (Å²) >= 11 is 12.4. The molecule has 0 saturated carbocycles. The largest absolute Gasteiger partial charge is 0.480 e. The molecule has 4 rings (SSSR count). The first-order chi connectivity index (χ1) is 13.9. The van der Waals surface area contributed by atoms with Gasteiger partial charge in [0, 0.05) is 33.1 Å². The van der Waals surface area contributed by atoms with E-state index in [1.807, 2.05) is 42.5 Å². The van der Waals surface area contributed by atoms with Crippen LogP contribution >= 0.6 is 23.2 Å². The van der Waals surface area contributed by atoms with Gasteiger partial charge in [0.2, 0.25) is 0 Å². The SMILES string of the molecule is O=C(Nc1cccc2ccccc12)N[C@H]1C[C@H](C(=O)O)Nc2cc(Cl)cc(Cl)c21. The predicted octanol–water partition coefficient (Wildman–Crippen LogP) is 5.28. The smallest absolute Gasteiger partial charge is 0.326 e. The van der Waals surface area contributed by atoms with E-state index in [1.165, 1.54) is 0 Å². The Balaban J connectivity index is 1.61. The maximum atomic E-state index is 12.7. The van der Waals surface area contributed by atoms with Crippen LogP contribution in [0.4, 0.5) is 16.2 Å². The van der Waals surface area contributed by atoms with E-state index < -0.39 is 24.1 Å². The first kappa shape index (κ1) is 19.4. The Morgan fingerprint density at radius 3 is 2.62 bits per heavy atom. The van der Waals surface area contributed by atoms with Gasteiger partial charge < -0.3 is 21.1 Å². The van der Waals surface area contributed by atoms with E-state index in [9.17, 15) is 14.7 Å². The number of carbonyl (C=O) groups excluding carboxylic acids is 1. The van der Waals surface area contributed by atoms with Crippen LogP contribution < -0.4 is 16.0 Å². The lowest BCUT2D eigenvalue weighted by molar-refractivity contribution is -0.138. The molecular weight excluding hydrogens is 413 g/mol. The number of aliphatic carboxylic acids is 1. The molecule has 2 atom stereocenters. The summed E-state index contributed by atoms with van der Waals surface area (Å²) < 4.78 is 0. The maximum Gasteiger partial charge on any atom is 0.326 e. The summed E-state index contributed by atoms with van der Waals surface area (Å²) in [7, 11) is 0. The molecule has 0 aliphatic carbocycles. The zero-order valence-corrected chi connectivity index (χ0v) is 16.6. The van der Waals surface area contributed by atoms with Gasteiger partial charge in [-0.1, -0.05) is 59.6 Å². The number of nitrogens with one attached hydrogen (secondary N) is 3. The zero-order valence-electron chi connectivity index (χ0n) is 15.1. The molecule has 148 valence electrons. The molecule has 0 saturated heterocycles. The van der Waals surface area contributed by atoms with E-state index in [4.69, 9.17) is 23.2 Å². The van der Waals surface area contributed by atoms with Crippen LogP contribution in [-0.2, 0) is 4.79 Å². The van der Waals surface area contributed by atoms with Crippen molar-refractivity contribution >= 4 is 57.3 Å². The lowest BCUT2D eigenvalue weighted by atomic mass is 9.93. The molecule has 0 spiro atoms. The Hall–Kier alpha value is -2.96. The molecule has 1 aliphatic heterocycles. The molecule has 1 heterocycles. The summed E-state index contributed by atoms with van der Waals surface area (Å²) in [6.45, 7) is 0. The van der Waals surface area contributed by atoms with Gasteiger partial charge in [-0.15, -0.1) is 0 Å². The molecule has 8 heteroatoms. The van der Waals surface area contributed by atoms with Crippen molar-refractivity contribution in [3.8, 4) is 0 Å². The van der Waals surface area contributed by atoms with Crippen molar-refractivity contribution < 1.29 is 14.7 Å². The molecule has 3 aromatic rings. The van der Waals surface area contributed by atoms with Crippen LogP contribution in [0, 0.1) is 0 Å². The minimum Gasteiger partial charge on any atom is -0.480 e. The van der Waals surface area contributed by atoms with Gasteiger partial charge in [0.05, 0.1) is 11.7 Å². The normalized spacial score (nSPS) is 17.9. The summed E-state index contributed by atoms with van der Waals surface area (Å²) in [5, 5.41) is 20.7. The third-order valence-electron chi connectivity index (χ3n) is 4.89. The van der Waals surface area contributed by atoms with Crippen molar-refractivity contribution in [3.05, 3.63) is 70.2 Å². The first-order valence-electron chi connectivity index (χ1n) is 8.96. The van der Waals surface area contributed by atoms with Crippen molar-refractivity contribution in [1.29, 1.82) is 0 Å². The van der Waals surface area contributed by atoms with Crippen LogP contribution in [0.25, 0.3) is 10.8 Å². The molecule has 0 bridgehead atoms. The predicted molar refractivity (Wildman–Crippen MR) is 115 cm³/mol.